The van der Waals surface area contributed by atoms with E-state index in [0.29, 0.717) is 10.8 Å². The highest BCUT2D eigenvalue weighted by atomic mass is 35.5. The third kappa shape index (κ3) is 2.46. The van der Waals surface area contributed by atoms with Gasteiger partial charge in [0.15, 0.2) is 0 Å². The Bertz CT molecular complexity index is 250. The lowest BCUT2D eigenvalue weighted by Crippen LogP contribution is -2.33. The van der Waals surface area contributed by atoms with Crippen LogP contribution in [0.1, 0.15) is 16.6 Å². The van der Waals surface area contributed by atoms with Gasteiger partial charge in [-0.1, -0.05) is 0 Å². The van der Waals surface area contributed by atoms with Crippen LogP contribution in [0.5, 0.6) is 0 Å². The van der Waals surface area contributed by atoms with Crippen molar-refractivity contribution in [3.05, 3.63) is 16.6 Å². The molecule has 1 aromatic rings. The maximum absolute atomic E-state index is 11.3. The molecular formula is C7H9ClN2OS. The highest BCUT2D eigenvalue weighted by molar-refractivity contribution is 7.11. The number of thiazole rings is 1. The minimum atomic E-state index is -0.106. The number of nitrogens with one attached hydrogen (secondary N) is 1. The Kier molecular flexibility index (Phi) is 3.49. The number of carbonyl (C=O) groups is 1. The van der Waals surface area contributed by atoms with Gasteiger partial charge in [0.05, 0.1) is 11.7 Å². The summed E-state index contributed by atoms with van der Waals surface area (Å²) in [5, 5.41) is 2.73. The third-order valence-electron chi connectivity index (χ3n) is 1.27. The van der Waals surface area contributed by atoms with Crippen molar-refractivity contribution >= 4 is 28.8 Å². The highest BCUT2D eigenvalue weighted by Gasteiger charge is 2.09. The first-order chi connectivity index (χ1) is 5.74. The maximum atomic E-state index is 11.3. The van der Waals surface area contributed by atoms with Gasteiger partial charge in [0.2, 0.25) is 0 Å². The molecule has 66 valence electrons. The van der Waals surface area contributed by atoms with E-state index in [4.69, 9.17) is 11.6 Å². The Balaban J connectivity index is 2.50. The summed E-state index contributed by atoms with van der Waals surface area (Å²) in [4.78, 5) is 15.7. The molecule has 1 unspecified atom stereocenters. The number of hydrogen-bond donors (Lipinski definition) is 1. The van der Waals surface area contributed by atoms with Crippen LogP contribution in [0.4, 0.5) is 0 Å². The van der Waals surface area contributed by atoms with Crippen molar-refractivity contribution in [2.75, 3.05) is 5.88 Å². The molecule has 0 aliphatic heterocycles. The minimum Gasteiger partial charge on any atom is -0.348 e. The molecule has 1 heterocycles. The van der Waals surface area contributed by atoms with Crippen LogP contribution in [0, 0.1) is 0 Å². The fourth-order valence-corrected chi connectivity index (χ4v) is 1.26. The second-order valence-electron chi connectivity index (χ2n) is 2.39. The number of hydrogen-bond acceptors (Lipinski definition) is 3. The molecule has 12 heavy (non-hydrogen) atoms. The van der Waals surface area contributed by atoms with Crippen molar-refractivity contribution in [3.8, 4) is 0 Å². The summed E-state index contributed by atoms with van der Waals surface area (Å²) in [7, 11) is 0. The molecule has 5 heteroatoms. The van der Waals surface area contributed by atoms with Gasteiger partial charge in [-0.2, -0.15) is 0 Å². The lowest BCUT2D eigenvalue weighted by Gasteiger charge is -2.07. The second kappa shape index (κ2) is 4.42. The van der Waals surface area contributed by atoms with E-state index in [0.717, 1.165) is 0 Å². The lowest BCUT2D eigenvalue weighted by molar-refractivity contribution is 0.0947. The molecule has 0 aromatic carbocycles. The van der Waals surface area contributed by atoms with Crippen LogP contribution in [-0.2, 0) is 0 Å². The number of halogens is 1. The van der Waals surface area contributed by atoms with Gasteiger partial charge in [-0.3, -0.25) is 9.78 Å². The van der Waals surface area contributed by atoms with Gasteiger partial charge in [0.25, 0.3) is 5.91 Å². The summed E-state index contributed by atoms with van der Waals surface area (Å²) in [6.45, 7) is 1.85. The number of amides is 1. The van der Waals surface area contributed by atoms with Crippen LogP contribution in [-0.4, -0.2) is 22.8 Å². The molecule has 0 saturated heterocycles. The summed E-state index contributed by atoms with van der Waals surface area (Å²) in [5.41, 5.74) is 1.63. The largest absolute Gasteiger partial charge is 0.348 e. The lowest BCUT2D eigenvalue weighted by atomic mass is 10.4. The zero-order chi connectivity index (χ0) is 8.97. The first-order valence-electron chi connectivity index (χ1n) is 3.49. The normalized spacial score (nSPS) is 12.5. The third-order valence-corrected chi connectivity index (χ3v) is 2.50. The molecule has 1 rings (SSSR count). The zero-order valence-corrected chi connectivity index (χ0v) is 8.15. The molecule has 0 bridgehead atoms. The van der Waals surface area contributed by atoms with Crippen molar-refractivity contribution in [2.24, 2.45) is 0 Å². The van der Waals surface area contributed by atoms with Crippen LogP contribution >= 0.6 is 22.9 Å². The summed E-state index contributed by atoms with van der Waals surface area (Å²) >= 11 is 6.85. The Morgan fingerprint density at radius 2 is 2.67 bits per heavy atom. The van der Waals surface area contributed by atoms with Crippen molar-refractivity contribution in [3.63, 3.8) is 0 Å². The van der Waals surface area contributed by atoms with Crippen LogP contribution < -0.4 is 5.32 Å². The number of carbonyl (C=O) groups excluding carboxylic acids is 1. The molecule has 1 aromatic heterocycles. The van der Waals surface area contributed by atoms with E-state index in [1.54, 1.807) is 11.7 Å². The van der Waals surface area contributed by atoms with Crippen molar-refractivity contribution < 1.29 is 4.79 Å². The predicted molar refractivity (Wildman–Crippen MR) is 49.8 cm³/mol. The van der Waals surface area contributed by atoms with E-state index in [1.165, 1.54) is 11.3 Å². The Morgan fingerprint density at radius 1 is 1.92 bits per heavy atom. The van der Waals surface area contributed by atoms with Gasteiger partial charge in [0, 0.05) is 11.9 Å². The van der Waals surface area contributed by atoms with Crippen LogP contribution in [0.15, 0.2) is 11.7 Å². The molecular weight excluding hydrogens is 196 g/mol. The topological polar surface area (TPSA) is 42.0 Å². The average Bonchev–Trinajstić information content (AvgIpc) is 2.56. The Hall–Kier alpha value is -0.610. The van der Waals surface area contributed by atoms with Gasteiger partial charge in [-0.25, -0.2) is 0 Å². The Labute approximate surface area is 79.8 Å². The van der Waals surface area contributed by atoms with Crippen molar-refractivity contribution in [1.29, 1.82) is 0 Å². The van der Waals surface area contributed by atoms with E-state index >= 15 is 0 Å². The fourth-order valence-electron chi connectivity index (χ4n) is 0.661. The van der Waals surface area contributed by atoms with E-state index in [1.807, 2.05) is 6.92 Å². The van der Waals surface area contributed by atoms with E-state index in [2.05, 4.69) is 10.3 Å². The molecule has 0 aliphatic rings. The molecule has 0 aliphatic carbocycles. The number of aromatic nitrogens is 1. The van der Waals surface area contributed by atoms with Gasteiger partial charge in [-0.15, -0.1) is 22.9 Å². The van der Waals surface area contributed by atoms with E-state index in [9.17, 15) is 4.79 Å². The smallest absolute Gasteiger partial charge is 0.263 e. The first kappa shape index (κ1) is 9.48. The summed E-state index contributed by atoms with van der Waals surface area (Å²) in [6.07, 6.45) is 1.54. The quantitative estimate of drug-likeness (QED) is 0.759. The molecule has 3 nitrogen and oxygen atoms in total. The maximum Gasteiger partial charge on any atom is 0.263 e. The van der Waals surface area contributed by atoms with Gasteiger partial charge >= 0.3 is 0 Å². The summed E-state index contributed by atoms with van der Waals surface area (Å²) in [6, 6.07) is 0.00117. The molecule has 0 saturated carbocycles. The number of nitrogens with zero attached hydrogens (tertiary/aromatic N) is 1. The molecule has 0 fully saturated rings. The average molecular weight is 205 g/mol. The zero-order valence-electron chi connectivity index (χ0n) is 6.58. The number of alkyl halides is 1. The molecule has 0 radical (unpaired) electrons. The van der Waals surface area contributed by atoms with Crippen LogP contribution in [0.3, 0.4) is 0 Å². The SMILES string of the molecule is CC(CCl)NC(=O)c1cncs1. The fraction of sp³-hybridized carbons (Fsp3) is 0.429. The second-order valence-corrected chi connectivity index (χ2v) is 3.59. The van der Waals surface area contributed by atoms with Crippen LogP contribution in [0.2, 0.25) is 0 Å². The van der Waals surface area contributed by atoms with E-state index in [-0.39, 0.29) is 11.9 Å². The number of rotatable bonds is 3. The Morgan fingerprint density at radius 3 is 3.17 bits per heavy atom. The van der Waals surface area contributed by atoms with E-state index < -0.39 is 0 Å². The van der Waals surface area contributed by atoms with Crippen molar-refractivity contribution in [2.45, 2.75) is 13.0 Å². The first-order valence-corrected chi connectivity index (χ1v) is 4.90. The van der Waals surface area contributed by atoms with Crippen LogP contribution in [0.25, 0.3) is 0 Å². The summed E-state index contributed by atoms with van der Waals surface area (Å²) < 4.78 is 0. The molecule has 1 N–H and O–H groups in total. The highest BCUT2D eigenvalue weighted by Crippen LogP contribution is 2.05. The van der Waals surface area contributed by atoms with Crippen molar-refractivity contribution in [1.82, 2.24) is 10.3 Å². The molecule has 0 spiro atoms. The summed E-state index contributed by atoms with van der Waals surface area (Å²) in [5.74, 6) is 0.315. The minimum absolute atomic E-state index is 0.00117. The predicted octanol–water partition coefficient (Wildman–Crippen LogP) is 1.50. The molecule has 1 amide bonds. The van der Waals surface area contributed by atoms with Gasteiger partial charge in [-0.05, 0) is 6.92 Å². The standard InChI is InChI=1S/C7H9ClN2OS/c1-5(2-8)10-7(11)6-3-9-4-12-6/h3-5H,2H2,1H3,(H,10,11). The van der Waals surface area contributed by atoms with Gasteiger partial charge < -0.3 is 5.32 Å². The monoisotopic (exact) mass is 204 g/mol. The van der Waals surface area contributed by atoms with Gasteiger partial charge in [0.1, 0.15) is 4.88 Å². The molecule has 1 atom stereocenters.